The number of halogens is 2. The molecule has 4 aliphatic rings. The first-order valence-corrected chi connectivity index (χ1v) is 16.5. The highest BCUT2D eigenvalue weighted by Crippen LogP contribution is 2.47. The van der Waals surface area contributed by atoms with Gasteiger partial charge >= 0.3 is 6.01 Å². The van der Waals surface area contributed by atoms with Crippen LogP contribution in [0.15, 0.2) is 31.0 Å². The summed E-state index contributed by atoms with van der Waals surface area (Å²) in [7, 11) is 0. The van der Waals surface area contributed by atoms with Gasteiger partial charge in [-0.3, -0.25) is 9.69 Å². The van der Waals surface area contributed by atoms with Gasteiger partial charge in [-0.05, 0) is 43.4 Å². The summed E-state index contributed by atoms with van der Waals surface area (Å²) in [5.74, 6) is 1.33. The maximum Gasteiger partial charge on any atom is 0.319 e. The molecule has 1 amide bonds. The fourth-order valence-corrected chi connectivity index (χ4v) is 6.84. The van der Waals surface area contributed by atoms with Crippen molar-refractivity contribution in [1.29, 1.82) is 0 Å². The summed E-state index contributed by atoms with van der Waals surface area (Å²) in [6.07, 6.45) is 11.9. The summed E-state index contributed by atoms with van der Waals surface area (Å²) in [6, 6.07) is 2.73. The number of pyridine rings is 1. The lowest BCUT2D eigenvalue weighted by molar-refractivity contribution is -0.117. The van der Waals surface area contributed by atoms with Gasteiger partial charge in [0.2, 0.25) is 5.91 Å². The molecule has 3 fully saturated rings. The maximum absolute atomic E-state index is 16.9. The van der Waals surface area contributed by atoms with E-state index >= 15 is 4.39 Å². The van der Waals surface area contributed by atoms with Gasteiger partial charge < -0.3 is 29.3 Å². The second-order valence-corrected chi connectivity index (χ2v) is 12.9. The summed E-state index contributed by atoms with van der Waals surface area (Å²) < 4.78 is 49.3. The molecule has 1 saturated carbocycles. The Hall–Kier alpha value is -4.38. The number of ether oxygens (including phenoxy) is 3. The lowest BCUT2D eigenvalue weighted by Gasteiger charge is -2.32. The minimum atomic E-state index is -0.682. The molecule has 3 aliphatic heterocycles. The van der Waals surface area contributed by atoms with Crippen LogP contribution in [0.2, 0.25) is 0 Å². The van der Waals surface area contributed by atoms with Crippen molar-refractivity contribution in [3.8, 4) is 18.4 Å². The molecule has 48 heavy (non-hydrogen) atoms. The van der Waals surface area contributed by atoms with Crippen LogP contribution in [0.25, 0.3) is 10.9 Å². The van der Waals surface area contributed by atoms with E-state index in [9.17, 15) is 9.18 Å². The molecule has 1 N–H and O–H groups in total. The molecule has 13 heteroatoms. The highest BCUT2D eigenvalue weighted by atomic mass is 19.1. The van der Waals surface area contributed by atoms with Crippen molar-refractivity contribution in [2.75, 3.05) is 82.1 Å². The van der Waals surface area contributed by atoms with Gasteiger partial charge in [0.25, 0.3) is 0 Å². The number of anilines is 3. The van der Waals surface area contributed by atoms with E-state index in [0.29, 0.717) is 82.4 Å². The molecule has 0 radical (unpaired) electrons. The Labute approximate surface area is 278 Å². The number of hydrogen-bond acceptors (Lipinski definition) is 10. The average Bonchev–Trinajstić information content (AvgIpc) is 3.91. The third-order valence-corrected chi connectivity index (χ3v) is 9.56. The number of amides is 1. The van der Waals surface area contributed by atoms with Crippen molar-refractivity contribution in [3.05, 3.63) is 53.7 Å². The van der Waals surface area contributed by atoms with Gasteiger partial charge in [-0.1, -0.05) is 18.6 Å². The number of aryl methyl sites for hydroxylation is 1. The molecular weight excluding hydrogens is 620 g/mol. The fourth-order valence-electron chi connectivity index (χ4n) is 6.84. The Balaban J connectivity index is 1.27. The molecule has 3 aromatic rings. The van der Waals surface area contributed by atoms with Gasteiger partial charge in [-0.15, -0.1) is 6.42 Å². The van der Waals surface area contributed by atoms with E-state index < -0.39 is 11.6 Å². The molecule has 2 saturated heterocycles. The molecule has 0 bridgehead atoms. The lowest BCUT2D eigenvalue weighted by Crippen LogP contribution is -2.44. The lowest BCUT2D eigenvalue weighted by atomic mass is 9.97. The van der Waals surface area contributed by atoms with E-state index in [0.717, 1.165) is 38.0 Å². The molecule has 1 aromatic carbocycles. The minimum absolute atomic E-state index is 0.00227. The quantitative estimate of drug-likeness (QED) is 0.272. The number of carbonyl (C=O) groups is 1. The van der Waals surface area contributed by atoms with Crippen LogP contribution in [0.4, 0.5) is 26.1 Å². The van der Waals surface area contributed by atoms with Gasteiger partial charge in [0.1, 0.15) is 17.2 Å². The number of aromatic nitrogens is 3. The standard InChI is InChI=1S/C35H39F2N7O4/c1-3-25-27(36)8-7-23-6-5-11-44(31(23)25)33-29(37)30-26(18-38-33)32(43-14-17-47-20-24(19-43)39-28(45)4-2)41-34(40-30)48-22-35(9-10-35)21-42-12-15-46-16-13-42/h1,4,7-8,18,24H,2,5-6,9-17,19-22H2,(H,39,45). The fraction of sp³-hybridized carbons (Fsp3) is 0.486. The number of hydrogen-bond donors (Lipinski definition) is 1. The molecule has 1 aliphatic carbocycles. The summed E-state index contributed by atoms with van der Waals surface area (Å²) in [6.45, 7) is 9.86. The van der Waals surface area contributed by atoms with Crippen molar-refractivity contribution in [1.82, 2.24) is 25.2 Å². The number of terminal acetylenes is 1. The zero-order valence-electron chi connectivity index (χ0n) is 26.9. The Bertz CT molecular complexity index is 1760. The van der Waals surface area contributed by atoms with Gasteiger partial charge in [0.05, 0.1) is 55.7 Å². The van der Waals surface area contributed by atoms with Gasteiger partial charge in [-0.25, -0.2) is 13.8 Å². The Morgan fingerprint density at radius 3 is 2.73 bits per heavy atom. The zero-order valence-corrected chi connectivity index (χ0v) is 26.9. The van der Waals surface area contributed by atoms with E-state index in [2.05, 4.69) is 32.7 Å². The van der Waals surface area contributed by atoms with Gasteiger partial charge in [0, 0.05) is 50.9 Å². The van der Waals surface area contributed by atoms with Crippen molar-refractivity contribution < 1.29 is 27.8 Å². The highest BCUT2D eigenvalue weighted by Gasteiger charge is 2.45. The summed E-state index contributed by atoms with van der Waals surface area (Å²) in [5.41, 5.74) is 1.36. The predicted octanol–water partition coefficient (Wildman–Crippen LogP) is 3.37. The van der Waals surface area contributed by atoms with Crippen molar-refractivity contribution in [2.24, 2.45) is 5.41 Å². The van der Waals surface area contributed by atoms with Crippen LogP contribution in [0, 0.1) is 29.4 Å². The smallest absolute Gasteiger partial charge is 0.319 e. The zero-order chi connectivity index (χ0) is 33.3. The summed E-state index contributed by atoms with van der Waals surface area (Å²) in [5, 5.41) is 3.27. The van der Waals surface area contributed by atoms with Gasteiger partial charge in [0.15, 0.2) is 11.6 Å². The summed E-state index contributed by atoms with van der Waals surface area (Å²) >= 11 is 0. The molecular formula is C35H39F2N7O4. The normalized spacial score (nSPS) is 20.8. The number of rotatable bonds is 9. The van der Waals surface area contributed by atoms with E-state index in [-0.39, 0.29) is 40.3 Å². The number of carbonyl (C=O) groups excluding carboxylic acids is 1. The Kier molecular flexibility index (Phi) is 9.13. The first-order valence-electron chi connectivity index (χ1n) is 16.5. The maximum atomic E-state index is 16.9. The molecule has 7 rings (SSSR count). The third-order valence-electron chi connectivity index (χ3n) is 9.56. The molecule has 5 heterocycles. The van der Waals surface area contributed by atoms with Crippen LogP contribution in [-0.2, 0) is 20.7 Å². The molecule has 252 valence electrons. The largest absolute Gasteiger partial charge is 0.463 e. The van der Waals surface area contributed by atoms with Crippen LogP contribution >= 0.6 is 0 Å². The predicted molar refractivity (Wildman–Crippen MR) is 177 cm³/mol. The molecule has 1 atom stereocenters. The van der Waals surface area contributed by atoms with Crippen LogP contribution in [0.3, 0.4) is 0 Å². The van der Waals surface area contributed by atoms with E-state index in [1.165, 1.54) is 12.1 Å². The number of nitrogens with one attached hydrogen (secondary N) is 1. The molecule has 2 aromatic heterocycles. The summed E-state index contributed by atoms with van der Waals surface area (Å²) in [4.78, 5) is 32.1. The molecule has 0 spiro atoms. The van der Waals surface area contributed by atoms with Crippen LogP contribution in [0.1, 0.15) is 30.4 Å². The minimum Gasteiger partial charge on any atom is -0.463 e. The van der Waals surface area contributed by atoms with E-state index in [1.807, 2.05) is 4.90 Å². The van der Waals surface area contributed by atoms with Crippen LogP contribution in [-0.4, -0.2) is 104 Å². The first-order chi connectivity index (χ1) is 23.4. The number of benzene rings is 1. The number of nitrogens with zero attached hydrogens (tertiary/aromatic N) is 6. The van der Waals surface area contributed by atoms with Gasteiger partial charge in [-0.2, -0.15) is 9.97 Å². The number of fused-ring (bicyclic) bond motifs is 2. The second-order valence-electron chi connectivity index (χ2n) is 12.9. The van der Waals surface area contributed by atoms with Crippen LogP contribution < -0.4 is 19.9 Å². The molecule has 1 unspecified atom stereocenters. The third kappa shape index (κ3) is 6.52. The number of morpholine rings is 1. The first kappa shape index (κ1) is 32.2. The SMILES string of the molecule is C#Cc1c(F)ccc2c1N(c1ncc3c(N4CCOCC(NC(=O)C=C)C4)nc(OCC4(CN5CCOCC5)CC4)nc3c1F)CCC2. The molecule has 11 nitrogen and oxygen atoms in total. The monoisotopic (exact) mass is 659 g/mol. The highest BCUT2D eigenvalue weighted by molar-refractivity contribution is 5.92. The van der Waals surface area contributed by atoms with Crippen molar-refractivity contribution in [3.63, 3.8) is 0 Å². The Morgan fingerprint density at radius 2 is 1.96 bits per heavy atom. The topological polar surface area (TPSA) is 105 Å². The van der Waals surface area contributed by atoms with Crippen LogP contribution in [0.5, 0.6) is 6.01 Å². The Morgan fingerprint density at radius 1 is 1.15 bits per heavy atom. The second kappa shape index (κ2) is 13.6. The van der Waals surface area contributed by atoms with E-state index in [4.69, 9.17) is 25.6 Å². The van der Waals surface area contributed by atoms with E-state index in [1.54, 1.807) is 17.2 Å². The van der Waals surface area contributed by atoms with Crippen molar-refractivity contribution in [2.45, 2.75) is 31.7 Å². The van der Waals surface area contributed by atoms with Crippen molar-refractivity contribution >= 4 is 34.1 Å². The average molecular weight is 660 g/mol.